The van der Waals surface area contributed by atoms with Gasteiger partial charge in [0.15, 0.2) is 0 Å². The molecule has 1 aromatic carbocycles. The normalized spacial score (nSPS) is 14.5. The fourth-order valence-corrected chi connectivity index (χ4v) is 1.94. The predicted molar refractivity (Wildman–Crippen MR) is 73.0 cm³/mol. The standard InChI is InChI=1S/C13H21ClN2/c1-4-9(2)7-10(3)16-13-6-5-11(14)8-12(13)15/h5-6,8-10,16H,4,7,15H2,1-3H3. The lowest BCUT2D eigenvalue weighted by atomic mass is 10.0. The number of halogens is 1. The summed E-state index contributed by atoms with van der Waals surface area (Å²) in [6, 6.07) is 6.00. The number of rotatable bonds is 5. The fourth-order valence-electron chi connectivity index (χ4n) is 1.76. The second kappa shape index (κ2) is 6.00. The van der Waals surface area contributed by atoms with Gasteiger partial charge in [-0.2, -0.15) is 0 Å². The molecule has 90 valence electrons. The smallest absolute Gasteiger partial charge is 0.0577 e. The summed E-state index contributed by atoms with van der Waals surface area (Å²) in [5.74, 6) is 0.732. The third kappa shape index (κ3) is 3.93. The molecule has 0 fully saturated rings. The molecule has 0 spiro atoms. The third-order valence-electron chi connectivity index (χ3n) is 2.87. The van der Waals surface area contributed by atoms with E-state index in [1.54, 1.807) is 6.07 Å². The zero-order valence-corrected chi connectivity index (χ0v) is 11.0. The third-order valence-corrected chi connectivity index (χ3v) is 3.10. The van der Waals surface area contributed by atoms with E-state index in [2.05, 4.69) is 26.1 Å². The molecule has 0 aliphatic heterocycles. The number of nitrogen functional groups attached to an aromatic ring is 1. The largest absolute Gasteiger partial charge is 0.397 e. The van der Waals surface area contributed by atoms with E-state index in [0.717, 1.165) is 18.0 Å². The molecule has 3 N–H and O–H groups in total. The molecule has 0 saturated heterocycles. The highest BCUT2D eigenvalue weighted by Crippen LogP contribution is 2.24. The molecular formula is C13H21ClN2. The van der Waals surface area contributed by atoms with Gasteiger partial charge >= 0.3 is 0 Å². The number of hydrogen-bond acceptors (Lipinski definition) is 2. The summed E-state index contributed by atoms with van der Waals surface area (Å²) in [5, 5.41) is 4.10. The van der Waals surface area contributed by atoms with E-state index < -0.39 is 0 Å². The Labute approximate surface area is 103 Å². The molecule has 0 aliphatic rings. The van der Waals surface area contributed by atoms with Crippen molar-refractivity contribution in [2.45, 2.75) is 39.7 Å². The van der Waals surface area contributed by atoms with Crippen LogP contribution in [0.3, 0.4) is 0 Å². The van der Waals surface area contributed by atoms with Crippen molar-refractivity contribution in [3.63, 3.8) is 0 Å². The Morgan fingerprint density at radius 2 is 2.06 bits per heavy atom. The second-order valence-corrected chi connectivity index (χ2v) is 4.96. The van der Waals surface area contributed by atoms with Crippen molar-refractivity contribution in [2.24, 2.45) is 5.92 Å². The van der Waals surface area contributed by atoms with Crippen molar-refractivity contribution < 1.29 is 0 Å². The van der Waals surface area contributed by atoms with Crippen molar-refractivity contribution >= 4 is 23.0 Å². The van der Waals surface area contributed by atoms with E-state index >= 15 is 0 Å². The zero-order chi connectivity index (χ0) is 12.1. The summed E-state index contributed by atoms with van der Waals surface area (Å²) < 4.78 is 0. The second-order valence-electron chi connectivity index (χ2n) is 4.53. The van der Waals surface area contributed by atoms with Gasteiger partial charge in [0, 0.05) is 11.1 Å². The number of nitrogens with two attached hydrogens (primary N) is 1. The molecule has 0 radical (unpaired) electrons. The Balaban J connectivity index is 2.59. The lowest BCUT2D eigenvalue weighted by Gasteiger charge is -2.19. The van der Waals surface area contributed by atoms with Gasteiger partial charge in [0.1, 0.15) is 0 Å². The van der Waals surface area contributed by atoms with Crippen molar-refractivity contribution in [1.29, 1.82) is 0 Å². The highest BCUT2D eigenvalue weighted by Gasteiger charge is 2.08. The Bertz CT molecular complexity index is 339. The summed E-state index contributed by atoms with van der Waals surface area (Å²) in [6.07, 6.45) is 2.36. The van der Waals surface area contributed by atoms with Gasteiger partial charge in [-0.3, -0.25) is 0 Å². The molecule has 0 amide bonds. The van der Waals surface area contributed by atoms with Gasteiger partial charge in [-0.1, -0.05) is 31.9 Å². The highest BCUT2D eigenvalue weighted by atomic mass is 35.5. The van der Waals surface area contributed by atoms with Crippen LogP contribution >= 0.6 is 11.6 Å². The topological polar surface area (TPSA) is 38.0 Å². The maximum Gasteiger partial charge on any atom is 0.0577 e. The Kier molecular flexibility index (Phi) is 4.94. The van der Waals surface area contributed by atoms with Crippen LogP contribution in [0.25, 0.3) is 0 Å². The van der Waals surface area contributed by atoms with Crippen LogP contribution < -0.4 is 11.1 Å². The van der Waals surface area contributed by atoms with Crippen molar-refractivity contribution in [2.75, 3.05) is 11.1 Å². The number of anilines is 2. The zero-order valence-electron chi connectivity index (χ0n) is 10.3. The van der Waals surface area contributed by atoms with Crippen LogP contribution in [0.4, 0.5) is 11.4 Å². The monoisotopic (exact) mass is 240 g/mol. The highest BCUT2D eigenvalue weighted by molar-refractivity contribution is 6.31. The molecule has 2 nitrogen and oxygen atoms in total. The van der Waals surface area contributed by atoms with Gasteiger partial charge in [0.25, 0.3) is 0 Å². The van der Waals surface area contributed by atoms with Gasteiger partial charge < -0.3 is 11.1 Å². The molecule has 1 aromatic rings. The average molecular weight is 241 g/mol. The van der Waals surface area contributed by atoms with Crippen LogP contribution in [-0.2, 0) is 0 Å². The van der Waals surface area contributed by atoms with E-state index in [0.29, 0.717) is 16.8 Å². The van der Waals surface area contributed by atoms with Crippen LogP contribution in [0, 0.1) is 5.92 Å². The fraction of sp³-hybridized carbons (Fsp3) is 0.538. The van der Waals surface area contributed by atoms with E-state index in [1.807, 2.05) is 12.1 Å². The molecule has 2 atom stereocenters. The minimum absolute atomic E-state index is 0.429. The van der Waals surface area contributed by atoms with Crippen LogP contribution in [0.2, 0.25) is 5.02 Å². The van der Waals surface area contributed by atoms with Crippen LogP contribution in [0.15, 0.2) is 18.2 Å². The van der Waals surface area contributed by atoms with Gasteiger partial charge in [0.2, 0.25) is 0 Å². The molecule has 0 aliphatic carbocycles. The minimum Gasteiger partial charge on any atom is -0.397 e. The summed E-state index contributed by atoms with van der Waals surface area (Å²) in [6.45, 7) is 6.66. The molecular weight excluding hydrogens is 220 g/mol. The summed E-state index contributed by atoms with van der Waals surface area (Å²) in [4.78, 5) is 0. The van der Waals surface area contributed by atoms with Crippen molar-refractivity contribution in [1.82, 2.24) is 0 Å². The summed E-state index contributed by atoms with van der Waals surface area (Å²) >= 11 is 5.85. The lowest BCUT2D eigenvalue weighted by Crippen LogP contribution is -2.18. The van der Waals surface area contributed by atoms with Crippen LogP contribution in [-0.4, -0.2) is 6.04 Å². The first-order valence-corrected chi connectivity index (χ1v) is 6.22. The van der Waals surface area contributed by atoms with Gasteiger partial charge in [-0.15, -0.1) is 0 Å². The molecule has 0 saturated carbocycles. The molecule has 1 rings (SSSR count). The maximum absolute atomic E-state index is 5.89. The predicted octanol–water partition coefficient (Wildman–Crippen LogP) is 4.16. The maximum atomic E-state index is 5.89. The summed E-state index contributed by atoms with van der Waals surface area (Å²) in [5.41, 5.74) is 7.57. The first-order chi connectivity index (χ1) is 7.52. The van der Waals surface area contributed by atoms with Crippen molar-refractivity contribution in [3.05, 3.63) is 23.2 Å². The van der Waals surface area contributed by atoms with E-state index in [1.165, 1.54) is 6.42 Å². The molecule has 16 heavy (non-hydrogen) atoms. The first kappa shape index (κ1) is 13.2. The Morgan fingerprint density at radius 3 is 2.62 bits per heavy atom. The number of hydrogen-bond donors (Lipinski definition) is 2. The van der Waals surface area contributed by atoms with E-state index in [9.17, 15) is 0 Å². The van der Waals surface area contributed by atoms with Gasteiger partial charge in [-0.05, 0) is 37.5 Å². The molecule has 2 unspecified atom stereocenters. The number of benzene rings is 1. The molecule has 0 aromatic heterocycles. The SMILES string of the molecule is CCC(C)CC(C)Nc1ccc(Cl)cc1N. The van der Waals surface area contributed by atoms with Gasteiger partial charge in [-0.25, -0.2) is 0 Å². The molecule has 0 bridgehead atoms. The lowest BCUT2D eigenvalue weighted by molar-refractivity contribution is 0.484. The molecule has 3 heteroatoms. The average Bonchev–Trinajstić information content (AvgIpc) is 2.22. The van der Waals surface area contributed by atoms with Crippen molar-refractivity contribution in [3.8, 4) is 0 Å². The van der Waals surface area contributed by atoms with Crippen LogP contribution in [0.1, 0.15) is 33.6 Å². The minimum atomic E-state index is 0.429. The van der Waals surface area contributed by atoms with Gasteiger partial charge in [0.05, 0.1) is 11.4 Å². The number of nitrogens with one attached hydrogen (secondary N) is 1. The van der Waals surface area contributed by atoms with E-state index in [-0.39, 0.29) is 0 Å². The Hall–Kier alpha value is -0.890. The Morgan fingerprint density at radius 1 is 1.38 bits per heavy atom. The quantitative estimate of drug-likeness (QED) is 0.759. The molecule has 0 heterocycles. The van der Waals surface area contributed by atoms with Crippen LogP contribution in [0.5, 0.6) is 0 Å². The van der Waals surface area contributed by atoms with E-state index in [4.69, 9.17) is 17.3 Å². The first-order valence-electron chi connectivity index (χ1n) is 5.84. The summed E-state index contributed by atoms with van der Waals surface area (Å²) in [7, 11) is 0.